The summed E-state index contributed by atoms with van der Waals surface area (Å²) in [4.78, 5) is 18.8. The highest BCUT2D eigenvalue weighted by atomic mass is 16.5. The van der Waals surface area contributed by atoms with Gasteiger partial charge < -0.3 is 15.4 Å². The predicted octanol–water partition coefficient (Wildman–Crippen LogP) is 0.732. The lowest BCUT2D eigenvalue weighted by molar-refractivity contribution is -0.118. The topological polar surface area (TPSA) is 76.1 Å². The molecule has 0 fully saturated rings. The van der Waals surface area contributed by atoms with Crippen LogP contribution in [0, 0.1) is 6.92 Å². The quantitative estimate of drug-likeness (QED) is 0.715. The molecule has 6 heteroatoms. The zero-order valence-corrected chi connectivity index (χ0v) is 10.4. The molecular weight excluding hydrogens is 220 g/mol. The summed E-state index contributed by atoms with van der Waals surface area (Å²) in [7, 11) is 0. The van der Waals surface area contributed by atoms with Gasteiger partial charge in [0.1, 0.15) is 12.1 Å². The van der Waals surface area contributed by atoms with E-state index in [1.54, 1.807) is 0 Å². The van der Waals surface area contributed by atoms with E-state index in [9.17, 15) is 4.79 Å². The second kappa shape index (κ2) is 6.67. The van der Waals surface area contributed by atoms with Gasteiger partial charge in [0.25, 0.3) is 0 Å². The maximum Gasteiger partial charge on any atom is 0.221 e. The lowest BCUT2D eigenvalue weighted by Crippen LogP contribution is -2.26. The first-order chi connectivity index (χ1) is 8.15. The van der Waals surface area contributed by atoms with E-state index < -0.39 is 0 Å². The minimum Gasteiger partial charge on any atom is -0.478 e. The Morgan fingerprint density at radius 2 is 2.18 bits per heavy atom. The number of ether oxygens (including phenoxy) is 1. The number of hydrogen-bond donors (Lipinski definition) is 2. The Balaban J connectivity index is 2.53. The summed E-state index contributed by atoms with van der Waals surface area (Å²) in [5.41, 5.74) is 0.872. The van der Waals surface area contributed by atoms with Crippen LogP contribution in [0.3, 0.4) is 0 Å². The molecule has 0 spiro atoms. The summed E-state index contributed by atoms with van der Waals surface area (Å²) in [6.07, 6.45) is 1.46. The van der Waals surface area contributed by atoms with Gasteiger partial charge in [-0.15, -0.1) is 0 Å². The third-order valence-corrected chi connectivity index (χ3v) is 2.11. The van der Waals surface area contributed by atoms with Crippen molar-refractivity contribution in [3.8, 4) is 5.88 Å². The van der Waals surface area contributed by atoms with Crippen molar-refractivity contribution in [3.05, 3.63) is 11.9 Å². The number of hydrogen-bond acceptors (Lipinski definition) is 5. The van der Waals surface area contributed by atoms with Crippen molar-refractivity contribution in [2.75, 3.05) is 25.0 Å². The summed E-state index contributed by atoms with van der Waals surface area (Å²) in [5, 5.41) is 5.82. The van der Waals surface area contributed by atoms with E-state index in [0.29, 0.717) is 25.6 Å². The van der Waals surface area contributed by atoms with Crippen LogP contribution < -0.4 is 15.4 Å². The molecule has 0 atom stereocenters. The lowest BCUT2D eigenvalue weighted by Gasteiger charge is -2.11. The third-order valence-electron chi connectivity index (χ3n) is 2.11. The summed E-state index contributed by atoms with van der Waals surface area (Å²) < 4.78 is 5.36. The molecule has 0 aliphatic heterocycles. The number of amides is 1. The molecule has 0 saturated heterocycles. The Morgan fingerprint density at radius 1 is 1.41 bits per heavy atom. The Hall–Kier alpha value is -1.85. The van der Waals surface area contributed by atoms with Crippen molar-refractivity contribution in [3.63, 3.8) is 0 Å². The van der Waals surface area contributed by atoms with E-state index in [2.05, 4.69) is 20.6 Å². The van der Waals surface area contributed by atoms with Gasteiger partial charge in [-0.1, -0.05) is 0 Å². The van der Waals surface area contributed by atoms with Gasteiger partial charge in [-0.3, -0.25) is 4.79 Å². The molecule has 0 aliphatic rings. The van der Waals surface area contributed by atoms with Crippen molar-refractivity contribution < 1.29 is 9.53 Å². The van der Waals surface area contributed by atoms with Gasteiger partial charge >= 0.3 is 0 Å². The number of nitrogens with zero attached hydrogens (tertiary/aromatic N) is 2. The molecule has 1 aromatic heterocycles. The Morgan fingerprint density at radius 3 is 2.82 bits per heavy atom. The molecule has 0 unspecified atom stereocenters. The zero-order valence-electron chi connectivity index (χ0n) is 10.4. The number of carbonyl (C=O) groups is 1. The van der Waals surface area contributed by atoms with Gasteiger partial charge in [0.2, 0.25) is 11.8 Å². The van der Waals surface area contributed by atoms with Crippen LogP contribution >= 0.6 is 0 Å². The number of carbonyl (C=O) groups excluding carboxylic acids is 1. The fourth-order valence-corrected chi connectivity index (χ4v) is 1.31. The molecule has 0 radical (unpaired) electrons. The van der Waals surface area contributed by atoms with Crippen LogP contribution in [0.15, 0.2) is 6.33 Å². The highest BCUT2D eigenvalue weighted by Gasteiger charge is 2.06. The van der Waals surface area contributed by atoms with Crippen molar-refractivity contribution in [2.24, 2.45) is 0 Å². The maximum atomic E-state index is 10.7. The summed E-state index contributed by atoms with van der Waals surface area (Å²) in [6, 6.07) is 0. The number of aromatic nitrogens is 2. The molecule has 0 aliphatic carbocycles. The molecular formula is C11H18N4O2. The van der Waals surface area contributed by atoms with Gasteiger partial charge in [0.15, 0.2) is 0 Å². The highest BCUT2D eigenvalue weighted by molar-refractivity contribution is 5.72. The zero-order chi connectivity index (χ0) is 12.7. The second-order valence-corrected chi connectivity index (χ2v) is 3.50. The van der Waals surface area contributed by atoms with Crippen LogP contribution in [0.1, 0.15) is 19.4 Å². The van der Waals surface area contributed by atoms with Gasteiger partial charge in [-0.05, 0) is 13.8 Å². The fourth-order valence-electron chi connectivity index (χ4n) is 1.31. The van der Waals surface area contributed by atoms with Crippen LogP contribution in [0.25, 0.3) is 0 Å². The Kier molecular flexibility index (Phi) is 5.19. The molecule has 1 rings (SSSR count). The van der Waals surface area contributed by atoms with E-state index in [1.807, 2.05) is 13.8 Å². The number of anilines is 1. The molecule has 1 heterocycles. The molecule has 1 amide bonds. The lowest BCUT2D eigenvalue weighted by atomic mass is 10.3. The first kappa shape index (κ1) is 13.2. The normalized spacial score (nSPS) is 9.82. The molecule has 1 aromatic rings. The number of rotatable bonds is 6. The van der Waals surface area contributed by atoms with E-state index in [-0.39, 0.29) is 5.91 Å². The van der Waals surface area contributed by atoms with Gasteiger partial charge in [-0.2, -0.15) is 0 Å². The van der Waals surface area contributed by atoms with Gasteiger partial charge in [0, 0.05) is 20.0 Å². The molecule has 0 aromatic carbocycles. The molecule has 0 bridgehead atoms. The van der Waals surface area contributed by atoms with E-state index in [4.69, 9.17) is 4.74 Å². The SMILES string of the molecule is CCOc1ncnc(NCCNC(C)=O)c1C. The van der Waals surface area contributed by atoms with Gasteiger partial charge in [-0.25, -0.2) is 9.97 Å². The van der Waals surface area contributed by atoms with Crippen molar-refractivity contribution >= 4 is 11.7 Å². The summed E-state index contributed by atoms with van der Waals surface area (Å²) in [6.45, 7) is 7.04. The van der Waals surface area contributed by atoms with Crippen LogP contribution in [0.5, 0.6) is 5.88 Å². The van der Waals surface area contributed by atoms with Crippen LogP contribution in [-0.4, -0.2) is 35.6 Å². The Labute approximate surface area is 101 Å². The first-order valence-corrected chi connectivity index (χ1v) is 5.57. The van der Waals surface area contributed by atoms with Crippen molar-refractivity contribution in [2.45, 2.75) is 20.8 Å². The molecule has 94 valence electrons. The highest BCUT2D eigenvalue weighted by Crippen LogP contribution is 2.19. The van der Waals surface area contributed by atoms with E-state index >= 15 is 0 Å². The smallest absolute Gasteiger partial charge is 0.221 e. The fraction of sp³-hybridized carbons (Fsp3) is 0.545. The maximum absolute atomic E-state index is 10.7. The van der Waals surface area contributed by atoms with Crippen molar-refractivity contribution in [1.29, 1.82) is 0 Å². The van der Waals surface area contributed by atoms with Crippen LogP contribution in [0.4, 0.5) is 5.82 Å². The van der Waals surface area contributed by atoms with Crippen LogP contribution in [0.2, 0.25) is 0 Å². The average Bonchev–Trinajstić information content (AvgIpc) is 2.29. The third kappa shape index (κ3) is 4.26. The number of nitrogens with one attached hydrogen (secondary N) is 2. The average molecular weight is 238 g/mol. The summed E-state index contributed by atoms with van der Waals surface area (Å²) in [5.74, 6) is 1.28. The molecule has 6 nitrogen and oxygen atoms in total. The van der Waals surface area contributed by atoms with Crippen molar-refractivity contribution in [1.82, 2.24) is 15.3 Å². The minimum atomic E-state index is -0.0405. The molecule has 0 saturated carbocycles. The predicted molar refractivity (Wildman–Crippen MR) is 65.1 cm³/mol. The standard InChI is InChI=1S/C11H18N4O2/c1-4-17-11-8(2)10(14-7-15-11)13-6-5-12-9(3)16/h7H,4-6H2,1-3H3,(H,12,16)(H,13,14,15). The molecule has 17 heavy (non-hydrogen) atoms. The minimum absolute atomic E-state index is 0.0405. The Bertz CT molecular complexity index is 382. The first-order valence-electron chi connectivity index (χ1n) is 5.57. The van der Waals surface area contributed by atoms with E-state index in [0.717, 1.165) is 11.4 Å². The van der Waals surface area contributed by atoms with E-state index in [1.165, 1.54) is 13.3 Å². The van der Waals surface area contributed by atoms with Gasteiger partial charge in [0.05, 0.1) is 12.2 Å². The van der Waals surface area contributed by atoms with Crippen LogP contribution in [-0.2, 0) is 4.79 Å². The molecule has 2 N–H and O–H groups in total. The second-order valence-electron chi connectivity index (χ2n) is 3.50. The summed E-state index contributed by atoms with van der Waals surface area (Å²) >= 11 is 0. The largest absolute Gasteiger partial charge is 0.478 e. The monoisotopic (exact) mass is 238 g/mol.